The Morgan fingerprint density at radius 2 is 1.96 bits per heavy atom. The van der Waals surface area contributed by atoms with E-state index >= 15 is 0 Å². The molecule has 0 bridgehead atoms. The van der Waals surface area contributed by atoms with Gasteiger partial charge in [-0.05, 0) is 37.2 Å². The van der Waals surface area contributed by atoms with Gasteiger partial charge in [0.25, 0.3) is 0 Å². The van der Waals surface area contributed by atoms with E-state index in [2.05, 4.69) is 25.3 Å². The molecule has 2 aromatic rings. The van der Waals surface area contributed by atoms with Gasteiger partial charge in [-0.1, -0.05) is 16.8 Å². The molecule has 1 N–H and O–H groups in total. The van der Waals surface area contributed by atoms with Gasteiger partial charge in [0.1, 0.15) is 0 Å². The summed E-state index contributed by atoms with van der Waals surface area (Å²) in [5.41, 5.74) is 0.924. The fraction of sp³-hybridized carbons (Fsp3) is 0.529. The minimum absolute atomic E-state index is 0.623. The third-order valence-corrected chi connectivity index (χ3v) is 5.14. The Bertz CT molecular complexity index is 660. The van der Waals surface area contributed by atoms with Crippen molar-refractivity contribution in [1.82, 2.24) is 25.3 Å². The molecule has 0 radical (unpaired) electrons. The van der Waals surface area contributed by atoms with Crippen LogP contribution in [0.4, 0.5) is 0 Å². The summed E-state index contributed by atoms with van der Waals surface area (Å²) in [5, 5.41) is 8.24. The van der Waals surface area contributed by atoms with Gasteiger partial charge in [-0.25, -0.2) is 0 Å². The van der Waals surface area contributed by atoms with Crippen molar-refractivity contribution in [3.8, 4) is 11.4 Å². The number of rotatable bonds is 4. The van der Waals surface area contributed by atoms with Gasteiger partial charge in [0.05, 0.1) is 6.54 Å². The second-order valence-corrected chi connectivity index (χ2v) is 6.91. The average molecular weight is 348 g/mol. The fourth-order valence-electron chi connectivity index (χ4n) is 3.46. The predicted molar refractivity (Wildman–Crippen MR) is 92.9 cm³/mol. The van der Waals surface area contributed by atoms with Crippen molar-refractivity contribution in [2.75, 3.05) is 39.3 Å². The largest absolute Gasteiger partial charge is 0.338 e. The van der Waals surface area contributed by atoms with Crippen molar-refractivity contribution in [1.29, 1.82) is 0 Å². The van der Waals surface area contributed by atoms with E-state index in [-0.39, 0.29) is 0 Å². The second kappa shape index (κ2) is 7.19. The van der Waals surface area contributed by atoms with E-state index < -0.39 is 0 Å². The Balaban J connectivity index is 1.32. The number of hydrogen-bond donors (Lipinski definition) is 1. The van der Waals surface area contributed by atoms with E-state index in [0.717, 1.165) is 51.4 Å². The highest BCUT2D eigenvalue weighted by Gasteiger charge is 2.26. The Labute approximate surface area is 146 Å². The van der Waals surface area contributed by atoms with Crippen LogP contribution in [0.1, 0.15) is 12.3 Å². The number of benzene rings is 1. The van der Waals surface area contributed by atoms with Gasteiger partial charge in [-0.15, -0.1) is 0 Å². The summed E-state index contributed by atoms with van der Waals surface area (Å²) in [7, 11) is 0. The quantitative estimate of drug-likeness (QED) is 0.911. The lowest BCUT2D eigenvalue weighted by molar-refractivity contribution is 0.0908. The highest BCUT2D eigenvalue weighted by molar-refractivity contribution is 6.30. The first-order valence-corrected chi connectivity index (χ1v) is 8.91. The molecule has 4 rings (SSSR count). The molecule has 0 amide bonds. The molecule has 2 aliphatic heterocycles. The lowest BCUT2D eigenvalue weighted by Crippen LogP contribution is -2.50. The van der Waals surface area contributed by atoms with Gasteiger partial charge in [0, 0.05) is 49.4 Å². The molecule has 3 heterocycles. The third-order valence-electron chi connectivity index (χ3n) is 4.89. The molecule has 2 fully saturated rings. The molecule has 2 aliphatic rings. The average Bonchev–Trinajstić information content (AvgIpc) is 3.28. The van der Waals surface area contributed by atoms with Crippen LogP contribution in [0.3, 0.4) is 0 Å². The molecular weight excluding hydrogens is 326 g/mol. The summed E-state index contributed by atoms with van der Waals surface area (Å²) in [6.07, 6.45) is 1.27. The van der Waals surface area contributed by atoms with Crippen LogP contribution < -0.4 is 5.32 Å². The zero-order valence-electron chi connectivity index (χ0n) is 13.6. The Morgan fingerprint density at radius 3 is 2.67 bits per heavy atom. The van der Waals surface area contributed by atoms with Crippen molar-refractivity contribution in [3.05, 3.63) is 35.2 Å². The Kier molecular flexibility index (Phi) is 4.80. The number of aromatic nitrogens is 2. The van der Waals surface area contributed by atoms with Crippen molar-refractivity contribution in [2.45, 2.75) is 19.0 Å². The van der Waals surface area contributed by atoms with E-state index in [9.17, 15) is 0 Å². The summed E-state index contributed by atoms with van der Waals surface area (Å²) in [5.74, 6) is 1.30. The van der Waals surface area contributed by atoms with Gasteiger partial charge >= 0.3 is 0 Å². The molecule has 1 atom stereocenters. The second-order valence-electron chi connectivity index (χ2n) is 6.48. The standard InChI is InChI=1S/C17H22ClN5O/c18-14-3-1-13(2-4-14)17-20-16(24-21-17)12-22-7-9-23(10-8-22)15-5-6-19-11-15/h1-4,15,19H,5-12H2. The highest BCUT2D eigenvalue weighted by atomic mass is 35.5. The molecule has 0 saturated carbocycles. The minimum atomic E-state index is 0.623. The first-order valence-electron chi connectivity index (χ1n) is 8.53. The summed E-state index contributed by atoms with van der Waals surface area (Å²) in [6.45, 7) is 7.34. The van der Waals surface area contributed by atoms with Gasteiger partial charge < -0.3 is 9.84 Å². The van der Waals surface area contributed by atoms with Crippen molar-refractivity contribution in [2.24, 2.45) is 0 Å². The lowest BCUT2D eigenvalue weighted by Gasteiger charge is -2.37. The van der Waals surface area contributed by atoms with Crippen LogP contribution in [0.15, 0.2) is 28.8 Å². The molecule has 1 aromatic carbocycles. The fourth-order valence-corrected chi connectivity index (χ4v) is 3.59. The van der Waals surface area contributed by atoms with Crippen molar-refractivity contribution < 1.29 is 4.52 Å². The van der Waals surface area contributed by atoms with Gasteiger partial charge in [-0.2, -0.15) is 4.98 Å². The predicted octanol–water partition coefficient (Wildman–Crippen LogP) is 1.87. The zero-order chi connectivity index (χ0) is 16.4. The van der Waals surface area contributed by atoms with Gasteiger partial charge in [0.2, 0.25) is 11.7 Å². The van der Waals surface area contributed by atoms with E-state index in [1.54, 1.807) is 0 Å². The molecule has 7 heteroatoms. The molecule has 0 aliphatic carbocycles. The van der Waals surface area contributed by atoms with Crippen LogP contribution in [-0.2, 0) is 6.54 Å². The summed E-state index contributed by atoms with van der Waals surface area (Å²) >= 11 is 5.91. The van der Waals surface area contributed by atoms with Crippen molar-refractivity contribution in [3.63, 3.8) is 0 Å². The molecule has 128 valence electrons. The zero-order valence-corrected chi connectivity index (χ0v) is 14.4. The van der Waals surface area contributed by atoms with Crippen LogP contribution >= 0.6 is 11.6 Å². The Hall–Kier alpha value is -1.47. The molecule has 6 nitrogen and oxygen atoms in total. The summed E-state index contributed by atoms with van der Waals surface area (Å²) in [6, 6.07) is 8.21. The molecule has 2 saturated heterocycles. The molecule has 24 heavy (non-hydrogen) atoms. The maximum Gasteiger partial charge on any atom is 0.241 e. The molecule has 0 spiro atoms. The van der Waals surface area contributed by atoms with Crippen LogP contribution in [0.2, 0.25) is 5.02 Å². The van der Waals surface area contributed by atoms with Crippen LogP contribution in [-0.4, -0.2) is 65.3 Å². The first kappa shape index (κ1) is 16.0. The van der Waals surface area contributed by atoms with Gasteiger partial charge in [0.15, 0.2) is 0 Å². The van der Waals surface area contributed by atoms with Crippen LogP contribution in [0.25, 0.3) is 11.4 Å². The number of halogens is 1. The van der Waals surface area contributed by atoms with E-state index in [0.29, 0.717) is 22.8 Å². The molecule has 1 aromatic heterocycles. The van der Waals surface area contributed by atoms with Gasteiger partial charge in [-0.3, -0.25) is 9.80 Å². The van der Waals surface area contributed by atoms with Crippen molar-refractivity contribution >= 4 is 11.6 Å². The first-order chi connectivity index (χ1) is 11.8. The molecular formula is C17H22ClN5O. The minimum Gasteiger partial charge on any atom is -0.338 e. The third kappa shape index (κ3) is 3.62. The SMILES string of the molecule is Clc1ccc(-c2noc(CN3CCN(C4CCNC4)CC3)n2)cc1. The monoisotopic (exact) mass is 347 g/mol. The number of piperazine rings is 1. The van der Waals surface area contributed by atoms with E-state index in [1.807, 2.05) is 24.3 Å². The number of nitrogens with zero attached hydrogens (tertiary/aromatic N) is 4. The maximum atomic E-state index is 5.91. The van der Waals surface area contributed by atoms with Crippen LogP contribution in [0.5, 0.6) is 0 Å². The van der Waals surface area contributed by atoms with E-state index in [4.69, 9.17) is 16.1 Å². The topological polar surface area (TPSA) is 57.4 Å². The Morgan fingerprint density at radius 1 is 1.17 bits per heavy atom. The number of nitrogens with one attached hydrogen (secondary N) is 1. The summed E-state index contributed by atoms with van der Waals surface area (Å²) in [4.78, 5) is 9.50. The van der Waals surface area contributed by atoms with Crippen LogP contribution in [0, 0.1) is 0 Å². The van der Waals surface area contributed by atoms with E-state index in [1.165, 1.54) is 6.42 Å². The summed E-state index contributed by atoms with van der Waals surface area (Å²) < 4.78 is 5.42. The highest BCUT2D eigenvalue weighted by Crippen LogP contribution is 2.19. The smallest absolute Gasteiger partial charge is 0.241 e. The maximum absolute atomic E-state index is 5.91. The normalized spacial score (nSPS) is 23.0. The molecule has 1 unspecified atom stereocenters. The lowest BCUT2D eigenvalue weighted by atomic mass is 10.2. The number of hydrogen-bond acceptors (Lipinski definition) is 6.